The molecule has 20 heteroatoms. The van der Waals surface area contributed by atoms with Crippen molar-refractivity contribution in [3.05, 3.63) is 88.7 Å². The van der Waals surface area contributed by atoms with Crippen molar-refractivity contribution in [1.82, 2.24) is 5.32 Å². The molecular formula is C38H34F5NO14. The second-order valence-electron chi connectivity index (χ2n) is 12.7. The number of ether oxygens (including phenoxy) is 8. The highest BCUT2D eigenvalue weighted by Gasteiger charge is 2.53. The van der Waals surface area contributed by atoms with Crippen molar-refractivity contribution in [2.24, 2.45) is 0 Å². The lowest BCUT2D eigenvalue weighted by molar-refractivity contribution is -0.308. The predicted octanol–water partition coefficient (Wildman–Crippen LogP) is 4.29. The molecule has 5 rings (SSSR count). The molecular weight excluding hydrogens is 789 g/mol. The molecule has 0 radical (unpaired) electrons. The van der Waals surface area contributed by atoms with Crippen molar-refractivity contribution in [3.8, 4) is 16.9 Å². The molecule has 0 aromatic heterocycles. The molecule has 58 heavy (non-hydrogen) atoms. The quantitative estimate of drug-likeness (QED) is 0.0642. The molecule has 3 aromatic rings. The normalized spacial score (nSPS) is 20.1. The summed E-state index contributed by atoms with van der Waals surface area (Å²) in [4.78, 5) is 74.9. The minimum absolute atomic E-state index is 0.320. The minimum Gasteiger partial charge on any atom is -0.463 e. The maximum atomic E-state index is 14.6. The second-order valence-corrected chi connectivity index (χ2v) is 12.7. The Morgan fingerprint density at radius 3 is 1.67 bits per heavy atom. The number of hydrogen-bond acceptors (Lipinski definition) is 14. The number of alkyl carbamates (subject to hydrolysis) is 1. The molecule has 1 saturated heterocycles. The summed E-state index contributed by atoms with van der Waals surface area (Å²) in [6.07, 6.45) is -10.0. The third-order valence-corrected chi connectivity index (χ3v) is 8.67. The van der Waals surface area contributed by atoms with Crippen molar-refractivity contribution in [1.29, 1.82) is 0 Å². The van der Waals surface area contributed by atoms with Gasteiger partial charge in [-0.3, -0.25) is 19.2 Å². The number of benzene rings is 3. The van der Waals surface area contributed by atoms with Gasteiger partial charge < -0.3 is 43.2 Å². The van der Waals surface area contributed by atoms with Crippen LogP contribution >= 0.6 is 0 Å². The van der Waals surface area contributed by atoms with E-state index in [0.717, 1.165) is 49.9 Å². The Labute approximate surface area is 325 Å². The monoisotopic (exact) mass is 823 g/mol. The number of hydrogen-bond donors (Lipinski definition) is 1. The molecule has 310 valence electrons. The van der Waals surface area contributed by atoms with Gasteiger partial charge >= 0.3 is 35.9 Å². The smallest absolute Gasteiger partial charge is 0.407 e. The van der Waals surface area contributed by atoms with E-state index in [9.17, 15) is 50.7 Å². The summed E-state index contributed by atoms with van der Waals surface area (Å²) in [6, 6.07) is 12.3. The van der Waals surface area contributed by atoms with E-state index in [-0.39, 0.29) is 6.61 Å². The van der Waals surface area contributed by atoms with Gasteiger partial charge in [0, 0.05) is 33.6 Å². The van der Waals surface area contributed by atoms with Crippen LogP contribution in [-0.4, -0.2) is 92.5 Å². The van der Waals surface area contributed by atoms with Gasteiger partial charge in [-0.05, 0) is 22.3 Å². The van der Waals surface area contributed by atoms with Gasteiger partial charge in [0.05, 0.1) is 6.61 Å². The number of esters is 5. The summed E-state index contributed by atoms with van der Waals surface area (Å²) in [7, 11) is 0. The fourth-order valence-corrected chi connectivity index (χ4v) is 6.31. The minimum atomic E-state index is -2.55. The Bertz CT molecular complexity index is 2030. The average molecular weight is 824 g/mol. The number of carbonyl (C=O) groups is 6. The van der Waals surface area contributed by atoms with E-state index in [4.69, 9.17) is 33.2 Å². The first-order chi connectivity index (χ1) is 27.5. The van der Waals surface area contributed by atoms with Gasteiger partial charge in [-0.15, -0.1) is 0 Å². The van der Waals surface area contributed by atoms with Gasteiger partial charge in [0.2, 0.25) is 34.8 Å². The van der Waals surface area contributed by atoms with Gasteiger partial charge in [-0.1, -0.05) is 48.5 Å². The molecule has 3 aromatic carbocycles. The zero-order valence-electron chi connectivity index (χ0n) is 30.9. The molecule has 1 amide bonds. The van der Waals surface area contributed by atoms with Crippen molar-refractivity contribution in [3.63, 3.8) is 0 Å². The average Bonchev–Trinajstić information content (AvgIpc) is 3.49. The van der Waals surface area contributed by atoms with Gasteiger partial charge in [0.15, 0.2) is 30.6 Å². The molecule has 1 unspecified atom stereocenters. The molecule has 1 aliphatic carbocycles. The fourth-order valence-electron chi connectivity index (χ4n) is 6.31. The van der Waals surface area contributed by atoms with Gasteiger partial charge in [0.1, 0.15) is 19.3 Å². The number of carbonyl (C=O) groups excluding carboxylic acids is 6. The van der Waals surface area contributed by atoms with Crippen LogP contribution in [0.3, 0.4) is 0 Å². The van der Waals surface area contributed by atoms with Crippen LogP contribution < -0.4 is 10.1 Å². The van der Waals surface area contributed by atoms with Crippen LogP contribution in [0, 0.1) is 29.1 Å². The zero-order valence-corrected chi connectivity index (χ0v) is 30.9. The predicted molar refractivity (Wildman–Crippen MR) is 182 cm³/mol. The molecule has 0 spiro atoms. The van der Waals surface area contributed by atoms with E-state index in [2.05, 4.69) is 10.1 Å². The summed E-state index contributed by atoms with van der Waals surface area (Å²) in [5, 5.41) is 2.06. The first-order valence-electron chi connectivity index (χ1n) is 17.2. The Balaban J connectivity index is 1.44. The van der Waals surface area contributed by atoms with Crippen molar-refractivity contribution in [2.45, 2.75) is 70.4 Å². The number of amides is 1. The van der Waals surface area contributed by atoms with Crippen molar-refractivity contribution in [2.75, 3.05) is 19.8 Å². The zero-order chi connectivity index (χ0) is 42.4. The summed E-state index contributed by atoms with van der Waals surface area (Å²) < 4.78 is 113. The number of rotatable bonds is 13. The topological polar surface area (TPSA) is 188 Å². The second kappa shape index (κ2) is 18.4. The van der Waals surface area contributed by atoms with Crippen LogP contribution in [0.1, 0.15) is 44.7 Å². The maximum absolute atomic E-state index is 14.6. The lowest BCUT2D eigenvalue weighted by Crippen LogP contribution is -2.63. The maximum Gasteiger partial charge on any atom is 0.407 e. The first kappa shape index (κ1) is 43.0. The highest BCUT2D eigenvalue weighted by atomic mass is 19.2. The van der Waals surface area contributed by atoms with E-state index in [1.54, 1.807) is 12.1 Å². The highest BCUT2D eigenvalue weighted by molar-refractivity contribution is 5.83. The Kier molecular flexibility index (Phi) is 13.6. The molecule has 1 heterocycles. The highest BCUT2D eigenvalue weighted by Crippen LogP contribution is 2.44. The summed E-state index contributed by atoms with van der Waals surface area (Å²) in [5.74, 6) is -20.7. The van der Waals surface area contributed by atoms with Crippen LogP contribution in [-0.2, 0) is 57.1 Å². The van der Waals surface area contributed by atoms with Crippen LogP contribution in [0.4, 0.5) is 26.7 Å². The van der Waals surface area contributed by atoms with E-state index < -0.39 is 127 Å². The lowest BCUT2D eigenvalue weighted by Gasteiger charge is -2.44. The molecule has 1 aliphatic heterocycles. The van der Waals surface area contributed by atoms with Crippen molar-refractivity contribution < 1.29 is 88.6 Å². The molecule has 0 bridgehead atoms. The molecule has 1 N–H and O–H groups in total. The van der Waals surface area contributed by atoms with Gasteiger partial charge in [-0.2, -0.15) is 8.78 Å². The molecule has 2 aliphatic rings. The lowest BCUT2D eigenvalue weighted by atomic mass is 9.98. The molecule has 1 fully saturated rings. The van der Waals surface area contributed by atoms with Crippen LogP contribution in [0.15, 0.2) is 48.5 Å². The standard InChI is InChI=1S/C38H34F5NO14/c1-16(45)51-15-26-32(54-17(2)46)34(55-18(3)47)35(56-19(4)48)37(57-26)52-14-25(36(49)58-33-30(42)28(40)27(39)29(41)31(33)43)44-38(50)53-13-24-22-11-7-5-9-20(22)21-10-6-8-12-23(21)24/h5-12,24-26,32,34-35,37H,13-15H2,1-4H3,(H,44,50)/t25?,26-,32+,34+,35-,37-/m1/s1. The third kappa shape index (κ3) is 9.68. The molecule has 6 atom stereocenters. The Hall–Kier alpha value is -6.15. The Morgan fingerprint density at radius 1 is 0.638 bits per heavy atom. The fraction of sp³-hybridized carbons (Fsp3) is 0.368. The van der Waals surface area contributed by atoms with Crippen LogP contribution in [0.2, 0.25) is 0 Å². The van der Waals surface area contributed by atoms with Crippen molar-refractivity contribution >= 4 is 35.9 Å². The SMILES string of the molecule is CC(=O)OC[C@H]1O[C@@H](OCC(NC(=O)OCC2c3ccccc3-c3ccccc32)C(=O)Oc2c(F)c(F)c(F)c(F)c2F)[C@H](OC(C)=O)[C@@H](OC(C)=O)[C@H]1OC(C)=O. The van der Waals surface area contributed by atoms with E-state index in [0.29, 0.717) is 0 Å². The number of fused-ring (bicyclic) bond motifs is 3. The largest absolute Gasteiger partial charge is 0.463 e. The summed E-state index contributed by atoms with van der Waals surface area (Å²) >= 11 is 0. The first-order valence-corrected chi connectivity index (χ1v) is 17.2. The van der Waals surface area contributed by atoms with E-state index in [1.165, 1.54) is 0 Å². The van der Waals surface area contributed by atoms with Crippen LogP contribution in [0.5, 0.6) is 5.75 Å². The summed E-state index contributed by atoms with van der Waals surface area (Å²) in [5.41, 5.74) is 3.33. The van der Waals surface area contributed by atoms with Crippen LogP contribution in [0.25, 0.3) is 11.1 Å². The summed E-state index contributed by atoms with van der Waals surface area (Å²) in [6.45, 7) is 1.72. The van der Waals surface area contributed by atoms with E-state index in [1.807, 2.05) is 36.4 Å². The molecule has 15 nitrogen and oxygen atoms in total. The van der Waals surface area contributed by atoms with Gasteiger partial charge in [0.25, 0.3) is 0 Å². The number of halogens is 5. The molecule has 0 saturated carbocycles. The van der Waals surface area contributed by atoms with Gasteiger partial charge in [-0.25, -0.2) is 22.8 Å². The Morgan fingerprint density at radius 2 is 1.14 bits per heavy atom. The van der Waals surface area contributed by atoms with E-state index >= 15 is 0 Å². The number of nitrogens with one attached hydrogen (secondary N) is 1. The third-order valence-electron chi connectivity index (χ3n) is 8.67.